The molecule has 0 amide bonds. The van der Waals surface area contributed by atoms with E-state index in [0.717, 1.165) is 31.6 Å². The fourth-order valence-electron chi connectivity index (χ4n) is 2.98. The van der Waals surface area contributed by atoms with Crippen molar-refractivity contribution < 1.29 is 4.39 Å². The Balaban J connectivity index is 1.90. The van der Waals surface area contributed by atoms with Gasteiger partial charge >= 0.3 is 0 Å². The molecule has 1 heterocycles. The maximum absolute atomic E-state index is 13.3. The van der Waals surface area contributed by atoms with Crippen molar-refractivity contribution in [3.8, 4) is 0 Å². The Morgan fingerprint density at radius 3 is 2.65 bits per heavy atom. The van der Waals surface area contributed by atoms with Gasteiger partial charge < -0.3 is 10.2 Å². The normalized spacial score (nSPS) is 25.6. The summed E-state index contributed by atoms with van der Waals surface area (Å²) in [7, 11) is 1.95. The van der Waals surface area contributed by atoms with Crippen molar-refractivity contribution in [2.45, 2.75) is 36.8 Å². The molecule has 1 aliphatic rings. The average molecular weight is 296 g/mol. The number of nitrogens with zero attached hydrogens (tertiary/aromatic N) is 1. The summed E-state index contributed by atoms with van der Waals surface area (Å²) in [6.07, 6.45) is 1.02. The minimum Gasteiger partial charge on any atom is -0.313 e. The van der Waals surface area contributed by atoms with Crippen LogP contribution >= 0.6 is 11.8 Å². The predicted octanol–water partition coefficient (Wildman–Crippen LogP) is 3.30. The van der Waals surface area contributed by atoms with Gasteiger partial charge in [-0.25, -0.2) is 4.39 Å². The molecule has 0 aromatic heterocycles. The number of rotatable bonds is 5. The van der Waals surface area contributed by atoms with E-state index in [1.165, 1.54) is 6.07 Å². The summed E-state index contributed by atoms with van der Waals surface area (Å²) in [6, 6.07) is 7.16. The third kappa shape index (κ3) is 4.47. The van der Waals surface area contributed by atoms with Gasteiger partial charge in [0.2, 0.25) is 0 Å². The molecule has 0 saturated carbocycles. The highest BCUT2D eigenvalue weighted by atomic mass is 32.2. The van der Waals surface area contributed by atoms with Crippen LogP contribution in [0.4, 0.5) is 4.39 Å². The summed E-state index contributed by atoms with van der Waals surface area (Å²) in [5, 5.41) is 4.73. The fraction of sp³-hybridized carbons (Fsp3) is 0.625. The molecule has 1 aromatic rings. The number of thioether (sulfide) groups is 1. The van der Waals surface area contributed by atoms with Gasteiger partial charge in [0.25, 0.3) is 0 Å². The number of nitrogens with one attached hydrogen (secondary N) is 1. The van der Waals surface area contributed by atoms with Crippen molar-refractivity contribution in [2.75, 3.05) is 26.7 Å². The van der Waals surface area contributed by atoms with Crippen molar-refractivity contribution in [3.63, 3.8) is 0 Å². The van der Waals surface area contributed by atoms with E-state index in [1.54, 1.807) is 12.1 Å². The monoisotopic (exact) mass is 296 g/mol. The second-order valence-electron chi connectivity index (χ2n) is 5.70. The smallest absolute Gasteiger partial charge is 0.123 e. The average Bonchev–Trinajstić information content (AvgIpc) is 2.38. The van der Waals surface area contributed by atoms with Crippen LogP contribution in [0, 0.1) is 5.82 Å². The summed E-state index contributed by atoms with van der Waals surface area (Å²) < 4.78 is 13.3. The van der Waals surface area contributed by atoms with Crippen molar-refractivity contribution in [1.82, 2.24) is 10.2 Å². The summed E-state index contributed by atoms with van der Waals surface area (Å²) in [5.41, 5.74) is 1.04. The van der Waals surface area contributed by atoms with Gasteiger partial charge in [0.05, 0.1) is 0 Å². The van der Waals surface area contributed by atoms with Crippen LogP contribution in [0.15, 0.2) is 24.3 Å². The van der Waals surface area contributed by atoms with E-state index in [9.17, 15) is 4.39 Å². The first kappa shape index (κ1) is 15.8. The molecule has 0 bridgehead atoms. The molecule has 4 heteroatoms. The lowest BCUT2D eigenvalue weighted by Gasteiger charge is -2.35. The highest BCUT2D eigenvalue weighted by Gasteiger charge is 2.22. The van der Waals surface area contributed by atoms with Crippen LogP contribution in [-0.4, -0.2) is 42.1 Å². The minimum absolute atomic E-state index is 0.153. The van der Waals surface area contributed by atoms with E-state index in [1.807, 2.05) is 13.1 Å². The van der Waals surface area contributed by atoms with Crippen molar-refractivity contribution >= 4 is 11.8 Å². The molecule has 1 saturated heterocycles. The predicted molar refractivity (Wildman–Crippen MR) is 85.8 cm³/mol. The summed E-state index contributed by atoms with van der Waals surface area (Å²) in [4.78, 5) is 2.54. The number of halogens is 1. The minimum atomic E-state index is -0.153. The highest BCUT2D eigenvalue weighted by molar-refractivity contribution is 8.00. The molecule has 20 heavy (non-hydrogen) atoms. The molecular weight excluding hydrogens is 271 g/mol. The molecule has 1 aliphatic heterocycles. The number of benzene rings is 1. The van der Waals surface area contributed by atoms with Gasteiger partial charge in [-0.2, -0.15) is 11.8 Å². The Kier molecular flexibility index (Phi) is 5.87. The Morgan fingerprint density at radius 2 is 2.05 bits per heavy atom. The van der Waals surface area contributed by atoms with Crippen molar-refractivity contribution in [2.24, 2.45) is 0 Å². The fourth-order valence-corrected chi connectivity index (χ4v) is 4.37. The lowest BCUT2D eigenvalue weighted by molar-refractivity contribution is 0.256. The summed E-state index contributed by atoms with van der Waals surface area (Å²) in [5.74, 6) is -0.153. The van der Waals surface area contributed by atoms with E-state index >= 15 is 0 Å². The zero-order chi connectivity index (χ0) is 14.5. The molecule has 1 fully saturated rings. The molecule has 1 aromatic carbocycles. The molecule has 112 valence electrons. The Bertz CT molecular complexity index is 417. The second-order valence-corrected chi connectivity index (χ2v) is 7.58. The van der Waals surface area contributed by atoms with Crippen LogP contribution in [0.3, 0.4) is 0 Å². The Labute approximate surface area is 126 Å². The zero-order valence-corrected chi connectivity index (χ0v) is 13.4. The van der Waals surface area contributed by atoms with Gasteiger partial charge in [0, 0.05) is 36.2 Å². The molecule has 2 nitrogen and oxygen atoms in total. The molecule has 2 rings (SSSR count). The van der Waals surface area contributed by atoms with E-state index in [0.29, 0.717) is 10.5 Å². The first-order chi connectivity index (χ1) is 9.58. The maximum Gasteiger partial charge on any atom is 0.123 e. The van der Waals surface area contributed by atoms with Gasteiger partial charge in [0.15, 0.2) is 0 Å². The highest BCUT2D eigenvalue weighted by Crippen LogP contribution is 2.26. The van der Waals surface area contributed by atoms with Gasteiger partial charge in [-0.15, -0.1) is 0 Å². The quantitative estimate of drug-likeness (QED) is 0.897. The maximum atomic E-state index is 13.3. The SMILES string of the molecule is CNC(CCN1CC(C)SC(C)C1)c1cccc(F)c1. The van der Waals surface area contributed by atoms with Gasteiger partial charge in [-0.1, -0.05) is 26.0 Å². The first-order valence-corrected chi connectivity index (χ1v) is 8.33. The van der Waals surface area contributed by atoms with Crippen molar-refractivity contribution in [3.05, 3.63) is 35.6 Å². The first-order valence-electron chi connectivity index (χ1n) is 7.39. The molecular formula is C16H25FN2S. The molecule has 0 spiro atoms. The largest absolute Gasteiger partial charge is 0.313 e. The third-order valence-corrected chi connectivity index (χ3v) is 5.06. The third-order valence-electron chi connectivity index (χ3n) is 3.83. The zero-order valence-electron chi connectivity index (χ0n) is 12.6. The number of hydrogen-bond acceptors (Lipinski definition) is 3. The van der Waals surface area contributed by atoms with Crippen LogP contribution < -0.4 is 5.32 Å². The van der Waals surface area contributed by atoms with E-state index in [2.05, 4.69) is 35.8 Å². The van der Waals surface area contributed by atoms with Crippen LogP contribution in [0.2, 0.25) is 0 Å². The van der Waals surface area contributed by atoms with Gasteiger partial charge in [-0.05, 0) is 31.2 Å². The molecule has 3 atom stereocenters. The molecule has 1 N–H and O–H groups in total. The van der Waals surface area contributed by atoms with Crippen LogP contribution in [0.5, 0.6) is 0 Å². The van der Waals surface area contributed by atoms with Crippen LogP contribution in [-0.2, 0) is 0 Å². The lowest BCUT2D eigenvalue weighted by atomic mass is 10.0. The second kappa shape index (κ2) is 7.43. The molecule has 0 radical (unpaired) electrons. The standard InChI is InChI=1S/C16H25FN2S/c1-12-10-19(11-13(2)20-12)8-7-16(18-3)14-5-4-6-15(17)9-14/h4-6,9,12-13,16,18H,7-8,10-11H2,1-3H3. The Morgan fingerprint density at radius 1 is 1.35 bits per heavy atom. The van der Waals surface area contributed by atoms with Gasteiger partial charge in [-0.3, -0.25) is 0 Å². The lowest BCUT2D eigenvalue weighted by Crippen LogP contribution is -2.41. The molecule has 3 unspecified atom stereocenters. The van der Waals surface area contributed by atoms with Crippen molar-refractivity contribution in [1.29, 1.82) is 0 Å². The van der Waals surface area contributed by atoms with E-state index < -0.39 is 0 Å². The van der Waals surface area contributed by atoms with E-state index in [-0.39, 0.29) is 11.9 Å². The summed E-state index contributed by atoms with van der Waals surface area (Å²) in [6.45, 7) is 7.99. The van der Waals surface area contributed by atoms with Crippen LogP contribution in [0.25, 0.3) is 0 Å². The topological polar surface area (TPSA) is 15.3 Å². The number of hydrogen-bond donors (Lipinski definition) is 1. The van der Waals surface area contributed by atoms with E-state index in [4.69, 9.17) is 0 Å². The van der Waals surface area contributed by atoms with Gasteiger partial charge in [0.1, 0.15) is 5.82 Å². The molecule has 0 aliphatic carbocycles. The Hall–Kier alpha value is -0.580. The summed E-state index contributed by atoms with van der Waals surface area (Å²) >= 11 is 2.08. The van der Waals surface area contributed by atoms with Crippen LogP contribution in [0.1, 0.15) is 31.9 Å².